The summed E-state index contributed by atoms with van der Waals surface area (Å²) < 4.78 is 5.54. The third-order valence-corrected chi connectivity index (χ3v) is 5.94. The van der Waals surface area contributed by atoms with Crippen LogP contribution in [0.4, 0.5) is 5.69 Å². The highest BCUT2D eigenvalue weighted by Gasteiger charge is 2.58. The van der Waals surface area contributed by atoms with E-state index >= 15 is 0 Å². The number of carbonyl (C=O) groups excluding carboxylic acids is 2. The van der Waals surface area contributed by atoms with Crippen molar-refractivity contribution in [2.45, 2.75) is 29.2 Å². The molecule has 1 fully saturated rings. The number of thioether (sulfide) groups is 1. The molecular weight excluding hydrogens is 346 g/mol. The number of anilines is 1. The number of nitrogens with zero attached hydrogens (tertiary/aromatic N) is 1. The Morgan fingerprint density at radius 3 is 2.92 bits per heavy atom. The van der Waals surface area contributed by atoms with Gasteiger partial charge in [0.05, 0.1) is 5.69 Å². The van der Waals surface area contributed by atoms with Crippen LogP contribution in [-0.4, -0.2) is 16.7 Å². The van der Waals surface area contributed by atoms with Crippen molar-refractivity contribution in [2.75, 3.05) is 4.90 Å². The molecule has 4 nitrogen and oxygen atoms in total. The van der Waals surface area contributed by atoms with Crippen LogP contribution in [0.25, 0.3) is 0 Å². The van der Waals surface area contributed by atoms with Crippen LogP contribution in [0, 0.1) is 0 Å². The van der Waals surface area contributed by atoms with Gasteiger partial charge in [0, 0.05) is 22.8 Å². The summed E-state index contributed by atoms with van der Waals surface area (Å²) in [7, 11) is 0. The topological polar surface area (TPSA) is 46.6 Å². The first-order valence-electron chi connectivity index (χ1n) is 7.63. The van der Waals surface area contributed by atoms with Gasteiger partial charge in [0.25, 0.3) is 0 Å². The molecule has 2 heterocycles. The summed E-state index contributed by atoms with van der Waals surface area (Å²) in [6.07, 6.45) is 0.813. The van der Waals surface area contributed by atoms with Gasteiger partial charge in [-0.15, -0.1) is 0 Å². The summed E-state index contributed by atoms with van der Waals surface area (Å²) in [4.78, 5) is 26.8. The zero-order chi connectivity index (χ0) is 16.7. The Balaban J connectivity index is 1.58. The van der Waals surface area contributed by atoms with E-state index in [9.17, 15) is 9.59 Å². The predicted octanol–water partition coefficient (Wildman–Crippen LogP) is 4.01. The molecule has 122 valence electrons. The molecule has 0 bridgehead atoms. The van der Waals surface area contributed by atoms with Crippen molar-refractivity contribution in [3.8, 4) is 0 Å². The van der Waals surface area contributed by atoms with Gasteiger partial charge < -0.3 is 4.74 Å². The number of benzene rings is 2. The van der Waals surface area contributed by atoms with Crippen LogP contribution >= 0.6 is 23.4 Å². The fourth-order valence-electron chi connectivity index (χ4n) is 3.16. The van der Waals surface area contributed by atoms with Crippen LogP contribution in [0.1, 0.15) is 18.4 Å². The van der Waals surface area contributed by atoms with Crippen LogP contribution in [0.2, 0.25) is 5.02 Å². The van der Waals surface area contributed by atoms with Crippen LogP contribution < -0.4 is 4.90 Å². The van der Waals surface area contributed by atoms with E-state index in [2.05, 4.69) is 0 Å². The molecule has 2 aromatic carbocycles. The Labute approximate surface area is 148 Å². The van der Waals surface area contributed by atoms with Crippen LogP contribution in [0.5, 0.6) is 0 Å². The van der Waals surface area contributed by atoms with Gasteiger partial charge in [0.15, 0.2) is 4.87 Å². The molecule has 24 heavy (non-hydrogen) atoms. The first-order chi connectivity index (χ1) is 11.6. The van der Waals surface area contributed by atoms with E-state index in [1.54, 1.807) is 17.0 Å². The molecule has 6 heteroatoms. The molecule has 0 aromatic heterocycles. The maximum atomic E-state index is 12.9. The van der Waals surface area contributed by atoms with Gasteiger partial charge in [0.2, 0.25) is 5.91 Å². The predicted molar refractivity (Wildman–Crippen MR) is 93.0 cm³/mol. The van der Waals surface area contributed by atoms with Crippen molar-refractivity contribution in [1.82, 2.24) is 0 Å². The Morgan fingerprint density at radius 1 is 1.25 bits per heavy atom. The van der Waals surface area contributed by atoms with Gasteiger partial charge in [0.1, 0.15) is 6.61 Å². The highest BCUT2D eigenvalue weighted by atomic mass is 35.5. The third kappa shape index (κ3) is 2.39. The number of halogens is 1. The number of hydrogen-bond acceptors (Lipinski definition) is 4. The molecule has 2 aliphatic rings. The Kier molecular flexibility index (Phi) is 3.77. The number of hydrogen-bond donors (Lipinski definition) is 0. The van der Waals surface area contributed by atoms with E-state index in [1.165, 1.54) is 11.8 Å². The molecule has 0 spiro atoms. The molecule has 0 aliphatic carbocycles. The maximum absolute atomic E-state index is 12.9. The molecule has 1 saturated heterocycles. The molecule has 1 amide bonds. The lowest BCUT2D eigenvalue weighted by molar-refractivity contribution is -0.148. The van der Waals surface area contributed by atoms with Gasteiger partial charge in [-0.2, -0.15) is 0 Å². The normalized spacial score (nSPS) is 21.5. The quantitative estimate of drug-likeness (QED) is 0.777. The number of ether oxygens (including phenoxy) is 1. The average molecular weight is 360 g/mol. The van der Waals surface area contributed by atoms with E-state index in [-0.39, 0.29) is 18.5 Å². The minimum atomic E-state index is -0.973. The zero-order valence-electron chi connectivity index (χ0n) is 12.7. The summed E-state index contributed by atoms with van der Waals surface area (Å²) in [6.45, 7) is 0.139. The molecule has 2 aromatic rings. The Morgan fingerprint density at radius 2 is 2.08 bits per heavy atom. The smallest absolute Gasteiger partial charge is 0.343 e. The number of amides is 1. The standard InChI is InChI=1S/C18H14ClNO3S/c19-13-5-3-4-12(10-13)11-23-17(22)18-9-8-16(21)20(18)14-6-1-2-7-15(14)24-18/h1-7,10H,8-9,11H2/t18-/m0/s1. The van der Waals surface area contributed by atoms with Crippen molar-refractivity contribution in [3.05, 3.63) is 59.1 Å². The van der Waals surface area contributed by atoms with Gasteiger partial charge in [-0.1, -0.05) is 47.6 Å². The SMILES string of the molecule is O=C1CC[C@@]2(C(=O)OCc3cccc(Cl)c3)Sc3ccccc3N12. The van der Waals surface area contributed by atoms with Crippen molar-refractivity contribution in [3.63, 3.8) is 0 Å². The molecule has 4 rings (SSSR count). The van der Waals surface area contributed by atoms with Crippen molar-refractivity contribution >= 4 is 40.9 Å². The lowest BCUT2D eigenvalue weighted by Gasteiger charge is -2.28. The fraction of sp³-hybridized carbons (Fsp3) is 0.222. The monoisotopic (exact) mass is 359 g/mol. The first kappa shape index (κ1) is 15.5. The zero-order valence-corrected chi connectivity index (χ0v) is 14.3. The number of rotatable bonds is 3. The minimum Gasteiger partial charge on any atom is -0.458 e. The van der Waals surface area contributed by atoms with E-state index in [4.69, 9.17) is 16.3 Å². The number of esters is 1. The summed E-state index contributed by atoms with van der Waals surface area (Å²) in [5.74, 6) is -0.415. The van der Waals surface area contributed by atoms with Crippen molar-refractivity contribution in [1.29, 1.82) is 0 Å². The second kappa shape index (κ2) is 5.83. The van der Waals surface area contributed by atoms with Gasteiger partial charge >= 0.3 is 5.97 Å². The van der Waals surface area contributed by atoms with Gasteiger partial charge in [-0.25, -0.2) is 4.79 Å². The maximum Gasteiger partial charge on any atom is 0.343 e. The summed E-state index contributed by atoms with van der Waals surface area (Å²) >= 11 is 7.37. The molecule has 1 atom stereocenters. The number of carbonyl (C=O) groups is 2. The molecule has 2 aliphatic heterocycles. The Bertz CT molecular complexity index is 841. The highest BCUT2D eigenvalue weighted by Crippen LogP contribution is 2.56. The second-order valence-electron chi connectivity index (χ2n) is 5.79. The molecular formula is C18H14ClNO3S. The van der Waals surface area contributed by atoms with E-state index in [0.717, 1.165) is 16.1 Å². The summed E-state index contributed by atoms with van der Waals surface area (Å²) in [5.41, 5.74) is 1.62. The molecule has 0 saturated carbocycles. The average Bonchev–Trinajstić information content (AvgIpc) is 3.09. The largest absolute Gasteiger partial charge is 0.458 e. The summed E-state index contributed by atoms with van der Waals surface area (Å²) in [6, 6.07) is 14.8. The number of fused-ring (bicyclic) bond motifs is 3. The van der Waals surface area contributed by atoms with Crippen molar-refractivity contribution < 1.29 is 14.3 Å². The lowest BCUT2D eigenvalue weighted by atomic mass is 10.2. The number of para-hydroxylation sites is 1. The van der Waals surface area contributed by atoms with Crippen LogP contribution in [-0.2, 0) is 20.9 Å². The van der Waals surface area contributed by atoms with Gasteiger partial charge in [-0.05, 0) is 29.8 Å². The van der Waals surface area contributed by atoms with E-state index < -0.39 is 4.87 Å². The van der Waals surface area contributed by atoms with Gasteiger partial charge in [-0.3, -0.25) is 9.69 Å². The minimum absolute atomic E-state index is 0.0350. The summed E-state index contributed by atoms with van der Waals surface area (Å²) in [5, 5.41) is 0.599. The molecule has 0 N–H and O–H groups in total. The second-order valence-corrected chi connectivity index (χ2v) is 7.55. The molecule has 0 radical (unpaired) electrons. The van der Waals surface area contributed by atoms with Crippen molar-refractivity contribution in [2.24, 2.45) is 0 Å². The fourth-order valence-corrected chi connectivity index (χ4v) is 4.79. The Hall–Kier alpha value is -1.98. The van der Waals surface area contributed by atoms with Crippen LogP contribution in [0.3, 0.4) is 0 Å². The molecule has 0 unspecified atom stereocenters. The highest BCUT2D eigenvalue weighted by molar-refractivity contribution is 8.02. The lowest BCUT2D eigenvalue weighted by Crippen LogP contribution is -2.47. The van der Waals surface area contributed by atoms with E-state index in [1.807, 2.05) is 36.4 Å². The van der Waals surface area contributed by atoms with Crippen LogP contribution in [0.15, 0.2) is 53.4 Å². The third-order valence-electron chi connectivity index (χ3n) is 4.25. The van der Waals surface area contributed by atoms with E-state index in [0.29, 0.717) is 17.9 Å². The first-order valence-corrected chi connectivity index (χ1v) is 8.82.